The van der Waals surface area contributed by atoms with Crippen molar-refractivity contribution in [2.75, 3.05) is 0 Å². The summed E-state index contributed by atoms with van der Waals surface area (Å²) in [6.45, 7) is 6.35. The Labute approximate surface area is 108 Å². The van der Waals surface area contributed by atoms with Crippen molar-refractivity contribution in [1.29, 1.82) is 0 Å². The van der Waals surface area contributed by atoms with Crippen molar-refractivity contribution in [3.05, 3.63) is 21.5 Å². The van der Waals surface area contributed by atoms with E-state index in [4.69, 9.17) is 11.6 Å². The van der Waals surface area contributed by atoms with Crippen LogP contribution in [0.4, 0.5) is 0 Å². The molecule has 1 atom stereocenters. The molecule has 2 heterocycles. The number of fused-ring (bicyclic) bond motifs is 1. The molecule has 0 bridgehead atoms. The maximum atomic E-state index is 5.98. The third-order valence-electron chi connectivity index (χ3n) is 2.81. The zero-order chi connectivity index (χ0) is 11.9. The molecule has 0 aliphatic carbocycles. The van der Waals surface area contributed by atoms with Gasteiger partial charge in [-0.2, -0.15) is 0 Å². The van der Waals surface area contributed by atoms with E-state index in [1.54, 1.807) is 0 Å². The standard InChI is InChI=1S/C11H13BrClN3/c1-4-7(3)16-5-6(2)8-11(16)15-10(13)9(12)14-8/h5,7H,4H2,1-3H3. The van der Waals surface area contributed by atoms with Crippen molar-refractivity contribution in [2.45, 2.75) is 33.2 Å². The highest BCUT2D eigenvalue weighted by molar-refractivity contribution is 9.10. The van der Waals surface area contributed by atoms with Crippen molar-refractivity contribution in [3.63, 3.8) is 0 Å². The molecule has 16 heavy (non-hydrogen) atoms. The minimum Gasteiger partial charge on any atom is -0.328 e. The molecule has 0 amide bonds. The second-order valence-corrected chi connectivity index (χ2v) is 5.06. The summed E-state index contributed by atoms with van der Waals surface area (Å²) in [4.78, 5) is 8.80. The lowest BCUT2D eigenvalue weighted by Crippen LogP contribution is -2.03. The Balaban J connectivity index is 2.73. The lowest BCUT2D eigenvalue weighted by atomic mass is 10.2. The lowest BCUT2D eigenvalue weighted by molar-refractivity contribution is 0.544. The summed E-state index contributed by atoms with van der Waals surface area (Å²) >= 11 is 9.28. The topological polar surface area (TPSA) is 30.7 Å². The first kappa shape index (κ1) is 11.9. The number of aromatic nitrogens is 3. The van der Waals surface area contributed by atoms with E-state index >= 15 is 0 Å². The van der Waals surface area contributed by atoms with E-state index in [0.29, 0.717) is 15.8 Å². The van der Waals surface area contributed by atoms with Gasteiger partial charge in [-0.1, -0.05) is 18.5 Å². The van der Waals surface area contributed by atoms with Gasteiger partial charge in [-0.25, -0.2) is 9.97 Å². The van der Waals surface area contributed by atoms with E-state index in [2.05, 4.69) is 50.5 Å². The van der Waals surface area contributed by atoms with Crippen LogP contribution < -0.4 is 0 Å². The van der Waals surface area contributed by atoms with Gasteiger partial charge in [0.15, 0.2) is 10.8 Å². The van der Waals surface area contributed by atoms with Crippen LogP contribution >= 0.6 is 27.5 Å². The number of aryl methyl sites for hydroxylation is 1. The third kappa shape index (κ3) is 1.84. The molecule has 0 radical (unpaired) electrons. The van der Waals surface area contributed by atoms with Crippen molar-refractivity contribution in [3.8, 4) is 0 Å². The largest absolute Gasteiger partial charge is 0.328 e. The Morgan fingerprint density at radius 3 is 2.81 bits per heavy atom. The maximum absolute atomic E-state index is 5.98. The third-order valence-corrected chi connectivity index (χ3v) is 3.86. The van der Waals surface area contributed by atoms with E-state index in [0.717, 1.165) is 23.1 Å². The molecule has 0 aromatic carbocycles. The van der Waals surface area contributed by atoms with Gasteiger partial charge < -0.3 is 4.57 Å². The van der Waals surface area contributed by atoms with E-state index in [1.165, 1.54) is 0 Å². The predicted molar refractivity (Wildman–Crippen MR) is 70.0 cm³/mol. The number of nitrogens with zero attached hydrogens (tertiary/aromatic N) is 3. The molecule has 0 N–H and O–H groups in total. The smallest absolute Gasteiger partial charge is 0.164 e. The fraction of sp³-hybridized carbons (Fsp3) is 0.455. The van der Waals surface area contributed by atoms with Gasteiger partial charge in [-0.3, -0.25) is 0 Å². The fourth-order valence-corrected chi connectivity index (χ4v) is 2.08. The highest BCUT2D eigenvalue weighted by Gasteiger charge is 2.14. The van der Waals surface area contributed by atoms with Crippen molar-refractivity contribution >= 4 is 38.7 Å². The summed E-state index contributed by atoms with van der Waals surface area (Å²) < 4.78 is 2.74. The van der Waals surface area contributed by atoms with Gasteiger partial charge in [0.2, 0.25) is 0 Å². The van der Waals surface area contributed by atoms with Crippen molar-refractivity contribution in [1.82, 2.24) is 14.5 Å². The van der Waals surface area contributed by atoms with E-state index in [-0.39, 0.29) is 0 Å². The Bertz CT molecular complexity index is 535. The monoisotopic (exact) mass is 301 g/mol. The average Bonchev–Trinajstić information content (AvgIpc) is 2.56. The zero-order valence-electron chi connectivity index (χ0n) is 9.46. The summed E-state index contributed by atoms with van der Waals surface area (Å²) in [5.74, 6) is 0. The van der Waals surface area contributed by atoms with Crippen molar-refractivity contribution in [2.24, 2.45) is 0 Å². The van der Waals surface area contributed by atoms with Gasteiger partial charge in [-0.05, 0) is 41.8 Å². The zero-order valence-corrected chi connectivity index (χ0v) is 11.8. The van der Waals surface area contributed by atoms with Crippen LogP contribution in [0.3, 0.4) is 0 Å². The summed E-state index contributed by atoms with van der Waals surface area (Å²) in [6.07, 6.45) is 3.14. The predicted octanol–water partition coefficient (Wildman–Crippen LogP) is 4.13. The van der Waals surface area contributed by atoms with Crippen LogP contribution in [0.15, 0.2) is 10.8 Å². The molecule has 0 aliphatic rings. The molecule has 0 saturated heterocycles. The first-order chi connectivity index (χ1) is 7.54. The number of rotatable bonds is 2. The molecule has 0 saturated carbocycles. The summed E-state index contributed by atoms with van der Waals surface area (Å²) in [7, 11) is 0. The molecule has 2 aromatic rings. The van der Waals surface area contributed by atoms with Crippen LogP contribution in [0, 0.1) is 6.92 Å². The average molecular weight is 303 g/mol. The van der Waals surface area contributed by atoms with Crippen LogP contribution in [0.25, 0.3) is 11.2 Å². The molecule has 86 valence electrons. The van der Waals surface area contributed by atoms with Gasteiger partial charge in [-0.15, -0.1) is 0 Å². The molecule has 0 spiro atoms. The molecule has 1 unspecified atom stereocenters. The van der Waals surface area contributed by atoms with Crippen LogP contribution in [0.2, 0.25) is 5.15 Å². The number of hydrogen-bond donors (Lipinski definition) is 0. The van der Waals surface area contributed by atoms with Crippen molar-refractivity contribution < 1.29 is 0 Å². The van der Waals surface area contributed by atoms with E-state index in [1.807, 2.05) is 6.92 Å². The molecular weight excluding hydrogens is 289 g/mol. The van der Waals surface area contributed by atoms with E-state index in [9.17, 15) is 0 Å². The Kier molecular flexibility index (Phi) is 3.22. The van der Waals surface area contributed by atoms with Gasteiger partial charge in [0.25, 0.3) is 0 Å². The second kappa shape index (κ2) is 4.34. The molecule has 3 nitrogen and oxygen atoms in total. The normalized spacial score (nSPS) is 13.3. The van der Waals surface area contributed by atoms with Gasteiger partial charge in [0.1, 0.15) is 10.1 Å². The highest BCUT2D eigenvalue weighted by atomic mass is 79.9. The quantitative estimate of drug-likeness (QED) is 0.835. The Morgan fingerprint density at radius 1 is 1.50 bits per heavy atom. The fourth-order valence-electron chi connectivity index (χ4n) is 1.69. The summed E-state index contributed by atoms with van der Waals surface area (Å²) in [5, 5.41) is 0.412. The first-order valence-corrected chi connectivity index (χ1v) is 6.41. The van der Waals surface area contributed by atoms with Crippen LogP contribution in [0.1, 0.15) is 31.9 Å². The lowest BCUT2D eigenvalue weighted by Gasteiger charge is -2.11. The van der Waals surface area contributed by atoms with Crippen LogP contribution in [-0.2, 0) is 0 Å². The summed E-state index contributed by atoms with van der Waals surface area (Å²) in [6, 6.07) is 0.405. The Hall–Kier alpha value is -0.610. The minimum atomic E-state index is 0.405. The number of halogens is 2. The maximum Gasteiger partial charge on any atom is 0.164 e. The molecule has 0 aliphatic heterocycles. The second-order valence-electron chi connectivity index (χ2n) is 3.95. The Morgan fingerprint density at radius 2 is 2.19 bits per heavy atom. The van der Waals surface area contributed by atoms with Crippen LogP contribution in [-0.4, -0.2) is 14.5 Å². The first-order valence-electron chi connectivity index (χ1n) is 5.24. The van der Waals surface area contributed by atoms with Gasteiger partial charge in [0.05, 0.1) is 0 Å². The number of hydrogen-bond acceptors (Lipinski definition) is 2. The van der Waals surface area contributed by atoms with E-state index < -0.39 is 0 Å². The molecule has 2 aromatic heterocycles. The molecular formula is C11H13BrClN3. The molecule has 0 fully saturated rings. The van der Waals surface area contributed by atoms with Gasteiger partial charge in [0, 0.05) is 12.2 Å². The van der Waals surface area contributed by atoms with Gasteiger partial charge >= 0.3 is 0 Å². The molecule has 5 heteroatoms. The SMILES string of the molecule is CCC(C)n1cc(C)c2nc(Br)c(Cl)nc21. The summed E-state index contributed by atoms with van der Waals surface area (Å²) in [5.41, 5.74) is 2.90. The molecule has 2 rings (SSSR count). The minimum absolute atomic E-state index is 0.405. The van der Waals surface area contributed by atoms with Crippen LogP contribution in [0.5, 0.6) is 0 Å². The highest BCUT2D eigenvalue weighted by Crippen LogP contribution is 2.27.